The monoisotopic (exact) mass is 251 g/mol. The molecule has 18 heavy (non-hydrogen) atoms. The standard InChI is InChI=1S/C13H19NO2.C2H6/c1-6-8-14(5)13(16)11(4)9-10(3)12(15)7-2;1-2/h7,9H,2,4,6,8H2,1,3,5H3;1-2H3/b10-9+;. The highest BCUT2D eigenvalue weighted by Crippen LogP contribution is 2.05. The number of rotatable bonds is 6. The molecule has 0 aromatic rings. The fourth-order valence-corrected chi connectivity index (χ4v) is 1.24. The fourth-order valence-electron chi connectivity index (χ4n) is 1.24. The Kier molecular flexibility index (Phi) is 10.9. The normalized spacial score (nSPS) is 9.94. The van der Waals surface area contributed by atoms with Gasteiger partial charge in [0.05, 0.1) is 0 Å². The van der Waals surface area contributed by atoms with E-state index in [2.05, 4.69) is 13.2 Å². The number of carbonyl (C=O) groups is 2. The van der Waals surface area contributed by atoms with Crippen LogP contribution in [0.3, 0.4) is 0 Å². The molecule has 0 rings (SSSR count). The molecule has 0 saturated carbocycles. The molecule has 0 aromatic carbocycles. The van der Waals surface area contributed by atoms with E-state index in [1.807, 2.05) is 20.8 Å². The van der Waals surface area contributed by atoms with Crippen molar-refractivity contribution >= 4 is 11.7 Å². The Morgan fingerprint density at radius 2 is 1.78 bits per heavy atom. The molecule has 0 aliphatic carbocycles. The number of nitrogens with zero attached hydrogens (tertiary/aromatic N) is 1. The molecule has 3 heteroatoms. The summed E-state index contributed by atoms with van der Waals surface area (Å²) < 4.78 is 0. The molecule has 0 spiro atoms. The highest BCUT2D eigenvalue weighted by Gasteiger charge is 2.11. The molecule has 0 aliphatic heterocycles. The van der Waals surface area contributed by atoms with E-state index in [4.69, 9.17) is 0 Å². The van der Waals surface area contributed by atoms with Crippen molar-refractivity contribution in [1.82, 2.24) is 4.90 Å². The smallest absolute Gasteiger partial charge is 0.253 e. The summed E-state index contributed by atoms with van der Waals surface area (Å²) in [5.74, 6) is -0.342. The Morgan fingerprint density at radius 1 is 1.28 bits per heavy atom. The van der Waals surface area contributed by atoms with Gasteiger partial charge in [-0.1, -0.05) is 33.9 Å². The molecule has 0 aromatic heterocycles. The lowest BCUT2D eigenvalue weighted by atomic mass is 10.1. The van der Waals surface area contributed by atoms with Gasteiger partial charge in [0.1, 0.15) is 0 Å². The largest absolute Gasteiger partial charge is 0.342 e. The van der Waals surface area contributed by atoms with Gasteiger partial charge in [0.25, 0.3) is 5.91 Å². The first-order chi connectivity index (χ1) is 8.43. The lowest BCUT2D eigenvalue weighted by Crippen LogP contribution is -2.28. The van der Waals surface area contributed by atoms with Crippen LogP contribution in [-0.2, 0) is 9.59 Å². The molecular weight excluding hydrogens is 226 g/mol. The van der Waals surface area contributed by atoms with E-state index >= 15 is 0 Å². The van der Waals surface area contributed by atoms with Crippen molar-refractivity contribution in [2.24, 2.45) is 0 Å². The molecule has 102 valence electrons. The zero-order valence-electron chi connectivity index (χ0n) is 12.2. The van der Waals surface area contributed by atoms with Crippen LogP contribution >= 0.6 is 0 Å². The minimum atomic E-state index is -0.188. The SMILES string of the molecule is C=CC(=O)/C(C)=C/C(=C)C(=O)N(C)CCC.CC. The molecular formula is C15H25NO2. The molecule has 0 saturated heterocycles. The third-order valence-corrected chi connectivity index (χ3v) is 2.15. The van der Waals surface area contributed by atoms with Crippen molar-refractivity contribution in [2.75, 3.05) is 13.6 Å². The average molecular weight is 251 g/mol. The van der Waals surface area contributed by atoms with Crippen LogP contribution in [0.15, 0.2) is 36.5 Å². The van der Waals surface area contributed by atoms with Crippen LogP contribution < -0.4 is 0 Å². The number of amides is 1. The molecule has 3 nitrogen and oxygen atoms in total. The van der Waals surface area contributed by atoms with Crippen LogP contribution in [0.1, 0.15) is 34.1 Å². The van der Waals surface area contributed by atoms with E-state index in [1.165, 1.54) is 12.2 Å². The summed E-state index contributed by atoms with van der Waals surface area (Å²) in [5.41, 5.74) is 0.793. The zero-order chi connectivity index (χ0) is 14.7. The maximum atomic E-state index is 11.7. The van der Waals surface area contributed by atoms with Crippen molar-refractivity contribution in [3.63, 3.8) is 0 Å². The van der Waals surface area contributed by atoms with Crippen LogP contribution in [0.4, 0.5) is 0 Å². The molecule has 0 radical (unpaired) electrons. The summed E-state index contributed by atoms with van der Waals surface area (Å²) >= 11 is 0. The number of hydrogen-bond donors (Lipinski definition) is 0. The Balaban J connectivity index is 0. The third kappa shape index (κ3) is 6.84. The number of carbonyl (C=O) groups excluding carboxylic acids is 2. The molecule has 0 bridgehead atoms. The highest BCUT2D eigenvalue weighted by molar-refractivity contribution is 6.05. The molecule has 1 amide bonds. The van der Waals surface area contributed by atoms with Crippen LogP contribution in [-0.4, -0.2) is 30.2 Å². The molecule has 0 heterocycles. The highest BCUT2D eigenvalue weighted by atomic mass is 16.2. The van der Waals surface area contributed by atoms with Gasteiger partial charge < -0.3 is 4.90 Å². The lowest BCUT2D eigenvalue weighted by molar-refractivity contribution is -0.125. The maximum absolute atomic E-state index is 11.7. The van der Waals surface area contributed by atoms with E-state index in [-0.39, 0.29) is 11.7 Å². The van der Waals surface area contributed by atoms with Gasteiger partial charge in [-0.3, -0.25) is 9.59 Å². The maximum Gasteiger partial charge on any atom is 0.253 e. The zero-order valence-corrected chi connectivity index (χ0v) is 12.2. The van der Waals surface area contributed by atoms with Crippen LogP contribution in [0.2, 0.25) is 0 Å². The van der Waals surface area contributed by atoms with Crippen LogP contribution in [0, 0.1) is 0 Å². The average Bonchev–Trinajstić information content (AvgIpc) is 2.39. The molecule has 0 fully saturated rings. The van der Waals surface area contributed by atoms with Gasteiger partial charge in [-0.25, -0.2) is 0 Å². The van der Waals surface area contributed by atoms with E-state index in [9.17, 15) is 9.59 Å². The second-order valence-electron chi connectivity index (χ2n) is 3.65. The second kappa shape index (κ2) is 10.5. The predicted octanol–water partition coefficient (Wildman–Crippen LogP) is 3.14. The number of allylic oxidation sites excluding steroid dienone is 2. The van der Waals surface area contributed by atoms with Gasteiger partial charge in [-0.05, 0) is 31.1 Å². The Labute approximate surface area is 111 Å². The molecule has 0 atom stereocenters. The van der Waals surface area contributed by atoms with E-state index in [0.29, 0.717) is 17.7 Å². The summed E-state index contributed by atoms with van der Waals surface area (Å²) in [6, 6.07) is 0. The molecule has 0 aliphatic rings. The minimum absolute atomic E-state index is 0.155. The summed E-state index contributed by atoms with van der Waals surface area (Å²) in [6.45, 7) is 15.4. The fraction of sp³-hybridized carbons (Fsp3) is 0.467. The van der Waals surface area contributed by atoms with Crippen molar-refractivity contribution in [3.05, 3.63) is 36.5 Å². The minimum Gasteiger partial charge on any atom is -0.342 e. The lowest BCUT2D eigenvalue weighted by Gasteiger charge is -2.16. The quantitative estimate of drug-likeness (QED) is 0.537. The topological polar surface area (TPSA) is 37.4 Å². The first-order valence-electron chi connectivity index (χ1n) is 6.23. The van der Waals surface area contributed by atoms with E-state index < -0.39 is 0 Å². The van der Waals surface area contributed by atoms with Gasteiger partial charge >= 0.3 is 0 Å². The summed E-state index contributed by atoms with van der Waals surface area (Å²) in [6.07, 6.45) is 3.61. The van der Waals surface area contributed by atoms with Crippen molar-refractivity contribution in [1.29, 1.82) is 0 Å². The predicted molar refractivity (Wildman–Crippen MR) is 77.4 cm³/mol. The summed E-state index contributed by atoms with van der Waals surface area (Å²) in [5, 5.41) is 0. The van der Waals surface area contributed by atoms with Crippen LogP contribution in [0.25, 0.3) is 0 Å². The van der Waals surface area contributed by atoms with Crippen molar-refractivity contribution in [3.8, 4) is 0 Å². The Hall–Kier alpha value is -1.64. The van der Waals surface area contributed by atoms with E-state index in [0.717, 1.165) is 6.42 Å². The van der Waals surface area contributed by atoms with Crippen molar-refractivity contribution in [2.45, 2.75) is 34.1 Å². The van der Waals surface area contributed by atoms with Gasteiger partial charge in [0.15, 0.2) is 5.78 Å². The van der Waals surface area contributed by atoms with Crippen LogP contribution in [0.5, 0.6) is 0 Å². The first-order valence-corrected chi connectivity index (χ1v) is 6.23. The van der Waals surface area contributed by atoms with E-state index in [1.54, 1.807) is 18.9 Å². The van der Waals surface area contributed by atoms with Gasteiger partial charge in [-0.15, -0.1) is 0 Å². The van der Waals surface area contributed by atoms with Gasteiger partial charge in [0, 0.05) is 19.2 Å². The summed E-state index contributed by atoms with van der Waals surface area (Å²) in [7, 11) is 1.72. The second-order valence-corrected chi connectivity index (χ2v) is 3.65. The third-order valence-electron chi connectivity index (χ3n) is 2.15. The van der Waals surface area contributed by atoms with Gasteiger partial charge in [-0.2, -0.15) is 0 Å². The number of ketones is 1. The number of hydrogen-bond acceptors (Lipinski definition) is 2. The Morgan fingerprint density at radius 3 is 2.17 bits per heavy atom. The Bertz CT molecular complexity index is 340. The van der Waals surface area contributed by atoms with Crippen molar-refractivity contribution < 1.29 is 9.59 Å². The molecule has 0 N–H and O–H groups in total. The van der Waals surface area contributed by atoms with Gasteiger partial charge in [0.2, 0.25) is 0 Å². The molecule has 0 unspecified atom stereocenters. The number of likely N-dealkylation sites (N-methyl/N-ethyl adjacent to an activating group) is 1. The summed E-state index contributed by atoms with van der Waals surface area (Å²) in [4.78, 5) is 24.5. The first kappa shape index (κ1) is 18.7.